The topological polar surface area (TPSA) is 71.4 Å². The molecule has 1 N–H and O–H groups in total. The van der Waals surface area contributed by atoms with Crippen LogP contribution in [0.5, 0.6) is 0 Å². The third kappa shape index (κ3) is 6.33. The molecule has 0 fully saturated rings. The Kier molecular flexibility index (Phi) is 8.19. The molecule has 3 rings (SSSR count). The molecule has 9 heteroatoms. The number of alkyl halides is 3. The minimum Gasteiger partial charge on any atom is -0.352 e. The number of aromatic nitrogens is 1. The first-order chi connectivity index (χ1) is 17.6. The van der Waals surface area contributed by atoms with Crippen LogP contribution in [-0.2, 0) is 18.0 Å². The molecule has 3 aromatic rings. The molecule has 38 heavy (non-hydrogen) atoms. The number of nitrogens with one attached hydrogen (secondary N) is 1. The first kappa shape index (κ1) is 28.7. The Morgan fingerprint density at radius 1 is 0.921 bits per heavy atom. The number of hydrogen-bond donors (Lipinski definition) is 1. The molecule has 0 spiro atoms. The molecule has 0 saturated carbocycles. The highest BCUT2D eigenvalue weighted by molar-refractivity contribution is 6.00. The molecule has 6 nitrogen and oxygen atoms in total. The molecule has 2 aromatic carbocycles. The van der Waals surface area contributed by atoms with Crippen molar-refractivity contribution in [2.24, 2.45) is 0 Å². The van der Waals surface area contributed by atoms with Gasteiger partial charge in [-0.25, -0.2) is 0 Å². The van der Waals surface area contributed by atoms with E-state index >= 15 is 0 Å². The highest BCUT2D eigenvalue weighted by Gasteiger charge is 2.31. The Balaban J connectivity index is 1.96. The van der Waals surface area contributed by atoms with Gasteiger partial charge in [-0.1, -0.05) is 51.1 Å². The molecule has 0 aliphatic carbocycles. The van der Waals surface area contributed by atoms with E-state index in [0.29, 0.717) is 6.42 Å². The molecule has 2 amide bonds. The Labute approximate surface area is 220 Å². The summed E-state index contributed by atoms with van der Waals surface area (Å²) in [4.78, 5) is 40.6. The average molecular weight is 528 g/mol. The number of carbonyl (C=O) groups excluding carboxylic acids is 2. The highest BCUT2D eigenvalue weighted by atomic mass is 19.4. The lowest BCUT2D eigenvalue weighted by atomic mass is 9.86. The van der Waals surface area contributed by atoms with Gasteiger partial charge in [0.2, 0.25) is 0 Å². The summed E-state index contributed by atoms with van der Waals surface area (Å²) in [7, 11) is 3.01. The van der Waals surface area contributed by atoms with E-state index in [2.05, 4.69) is 26.1 Å². The minimum absolute atomic E-state index is 0.0133. The predicted octanol–water partition coefficient (Wildman–Crippen LogP) is 5.14. The van der Waals surface area contributed by atoms with Crippen LogP contribution >= 0.6 is 0 Å². The van der Waals surface area contributed by atoms with Gasteiger partial charge < -0.3 is 10.2 Å². The smallest absolute Gasteiger partial charge is 0.352 e. The molecule has 0 atom stereocenters. The maximum absolute atomic E-state index is 13.4. The number of hydrogen-bond acceptors (Lipinski definition) is 3. The molecular formula is C29H32F3N3O3. The zero-order chi connectivity index (χ0) is 28.4. The van der Waals surface area contributed by atoms with Crippen molar-refractivity contribution >= 4 is 11.8 Å². The molecular weight excluding hydrogens is 495 g/mol. The van der Waals surface area contributed by atoms with Crippen molar-refractivity contribution in [2.75, 3.05) is 20.6 Å². The van der Waals surface area contributed by atoms with Crippen LogP contribution in [-0.4, -0.2) is 41.9 Å². The Morgan fingerprint density at radius 2 is 1.55 bits per heavy atom. The number of halogens is 3. The van der Waals surface area contributed by atoms with Crippen LogP contribution in [0.25, 0.3) is 5.69 Å². The molecule has 0 saturated heterocycles. The van der Waals surface area contributed by atoms with Crippen molar-refractivity contribution in [3.8, 4) is 5.69 Å². The number of amides is 2. The van der Waals surface area contributed by atoms with Crippen molar-refractivity contribution in [1.29, 1.82) is 0 Å². The molecule has 1 aromatic heterocycles. The van der Waals surface area contributed by atoms with Crippen molar-refractivity contribution in [1.82, 2.24) is 14.8 Å². The quantitative estimate of drug-likeness (QED) is 0.483. The van der Waals surface area contributed by atoms with Gasteiger partial charge in [0.25, 0.3) is 17.4 Å². The monoisotopic (exact) mass is 527 g/mol. The van der Waals surface area contributed by atoms with E-state index in [1.807, 2.05) is 24.3 Å². The molecule has 0 aliphatic heterocycles. The number of rotatable bonds is 6. The highest BCUT2D eigenvalue weighted by Crippen LogP contribution is 2.30. The number of pyridine rings is 1. The average Bonchev–Trinajstić information content (AvgIpc) is 2.83. The van der Waals surface area contributed by atoms with Crippen LogP contribution in [0.3, 0.4) is 0 Å². The lowest BCUT2D eigenvalue weighted by molar-refractivity contribution is -0.137. The lowest BCUT2D eigenvalue weighted by Crippen LogP contribution is -2.36. The van der Waals surface area contributed by atoms with E-state index in [0.717, 1.165) is 22.3 Å². The second kappa shape index (κ2) is 10.8. The summed E-state index contributed by atoms with van der Waals surface area (Å²) in [6.07, 6.45) is -4.12. The summed E-state index contributed by atoms with van der Waals surface area (Å²) >= 11 is 0. The van der Waals surface area contributed by atoms with Gasteiger partial charge in [0, 0.05) is 32.0 Å². The molecule has 0 radical (unpaired) electrons. The second-order valence-corrected chi connectivity index (χ2v) is 10.4. The Hall–Kier alpha value is -3.88. The zero-order valence-corrected chi connectivity index (χ0v) is 22.4. The normalized spacial score (nSPS) is 11.8. The van der Waals surface area contributed by atoms with Crippen LogP contribution in [0, 0.1) is 6.92 Å². The van der Waals surface area contributed by atoms with Gasteiger partial charge in [0.1, 0.15) is 5.56 Å². The summed E-state index contributed by atoms with van der Waals surface area (Å²) in [5, 5.41) is 2.71. The fourth-order valence-electron chi connectivity index (χ4n) is 4.04. The van der Waals surface area contributed by atoms with E-state index in [-0.39, 0.29) is 34.5 Å². The predicted molar refractivity (Wildman–Crippen MR) is 141 cm³/mol. The molecule has 1 heterocycles. The van der Waals surface area contributed by atoms with Gasteiger partial charge in [-0.05, 0) is 54.2 Å². The van der Waals surface area contributed by atoms with Crippen LogP contribution in [0.2, 0.25) is 0 Å². The van der Waals surface area contributed by atoms with E-state index in [1.54, 1.807) is 0 Å². The van der Waals surface area contributed by atoms with Crippen LogP contribution in [0.4, 0.5) is 13.2 Å². The van der Waals surface area contributed by atoms with Gasteiger partial charge in [-0.15, -0.1) is 0 Å². The van der Waals surface area contributed by atoms with E-state index in [1.165, 1.54) is 49.7 Å². The molecule has 0 unspecified atom stereocenters. The first-order valence-electron chi connectivity index (χ1n) is 12.1. The minimum atomic E-state index is -4.63. The summed E-state index contributed by atoms with van der Waals surface area (Å²) in [5.74, 6) is -1.20. The fraction of sp³-hybridized carbons (Fsp3) is 0.345. The Bertz CT molecular complexity index is 1400. The summed E-state index contributed by atoms with van der Waals surface area (Å²) < 4.78 is 41.0. The third-order valence-corrected chi connectivity index (χ3v) is 6.28. The number of nitrogens with zero attached hydrogens (tertiary/aromatic N) is 2. The van der Waals surface area contributed by atoms with Gasteiger partial charge in [0.15, 0.2) is 0 Å². The van der Waals surface area contributed by atoms with Crippen molar-refractivity contribution in [2.45, 2.75) is 45.7 Å². The summed E-state index contributed by atoms with van der Waals surface area (Å²) in [6.45, 7) is 8.03. The van der Waals surface area contributed by atoms with E-state index < -0.39 is 29.1 Å². The van der Waals surface area contributed by atoms with Gasteiger partial charge >= 0.3 is 6.18 Å². The van der Waals surface area contributed by atoms with Crippen molar-refractivity contribution in [3.63, 3.8) is 0 Å². The molecule has 0 bridgehead atoms. The molecule has 202 valence electrons. The van der Waals surface area contributed by atoms with Crippen LogP contribution in [0.15, 0.2) is 59.4 Å². The number of carbonyl (C=O) groups is 2. The third-order valence-electron chi connectivity index (χ3n) is 6.28. The maximum Gasteiger partial charge on any atom is 0.416 e. The first-order valence-corrected chi connectivity index (χ1v) is 12.1. The van der Waals surface area contributed by atoms with Gasteiger partial charge in [-0.2, -0.15) is 13.2 Å². The van der Waals surface area contributed by atoms with Crippen molar-refractivity contribution < 1.29 is 22.8 Å². The summed E-state index contributed by atoms with van der Waals surface area (Å²) in [6, 6.07) is 13.4. The number of benzene rings is 2. The SMILES string of the molecule is Cc1c(C(=O)N(C)C)cc(C(=O)NCCc2ccc(C(C)(C)C)cc2)c(=O)n1-c1cccc(C(F)(F)F)c1. The van der Waals surface area contributed by atoms with Crippen LogP contribution in [0.1, 0.15) is 63.9 Å². The molecule has 0 aliphatic rings. The fourth-order valence-corrected chi connectivity index (χ4v) is 4.04. The van der Waals surface area contributed by atoms with Gasteiger partial charge in [-0.3, -0.25) is 19.0 Å². The van der Waals surface area contributed by atoms with Crippen LogP contribution < -0.4 is 10.9 Å². The van der Waals surface area contributed by atoms with Crippen molar-refractivity contribution in [3.05, 3.63) is 98.5 Å². The largest absolute Gasteiger partial charge is 0.416 e. The Morgan fingerprint density at radius 3 is 2.11 bits per heavy atom. The van der Waals surface area contributed by atoms with Gasteiger partial charge in [0.05, 0.1) is 11.1 Å². The van der Waals surface area contributed by atoms with E-state index in [9.17, 15) is 27.6 Å². The van der Waals surface area contributed by atoms with E-state index in [4.69, 9.17) is 0 Å². The standard InChI is InChI=1S/C29H32F3N3O3/c1-18-23(26(37)34(5)6)17-24(27(38)35(18)22-9-7-8-21(16-22)29(30,31)32)25(36)33-15-14-19-10-12-20(13-11-19)28(2,3)4/h7-13,16-17H,14-15H2,1-6H3,(H,33,36). The lowest BCUT2D eigenvalue weighted by Gasteiger charge is -2.19. The zero-order valence-electron chi connectivity index (χ0n) is 22.4. The second-order valence-electron chi connectivity index (χ2n) is 10.4. The maximum atomic E-state index is 13.4. The summed E-state index contributed by atoms with van der Waals surface area (Å²) in [5.41, 5.74) is 0.159.